The smallest absolute Gasteiger partial charge is 0.251 e. The number of nitrogens with one attached hydrogen (secondary N) is 2. The Hall–Kier alpha value is -4.26. The number of rotatable bonds is 7. The van der Waals surface area contributed by atoms with Gasteiger partial charge in [0, 0.05) is 44.5 Å². The number of amides is 1. The van der Waals surface area contributed by atoms with Gasteiger partial charge in [-0.05, 0) is 61.0 Å². The minimum absolute atomic E-state index is 0. The van der Waals surface area contributed by atoms with E-state index in [1.807, 2.05) is 36.4 Å². The molecule has 0 saturated heterocycles. The summed E-state index contributed by atoms with van der Waals surface area (Å²) in [5.41, 5.74) is 3.07. The number of halogens is 2. The maximum absolute atomic E-state index is 13.4. The number of carbonyl (C=O) groups excluding carboxylic acids is 1. The molecular weight excluding hydrogens is 424 g/mol. The van der Waals surface area contributed by atoms with Gasteiger partial charge in [0.2, 0.25) is 0 Å². The van der Waals surface area contributed by atoms with Crippen LogP contribution in [0.3, 0.4) is 0 Å². The van der Waals surface area contributed by atoms with Crippen LogP contribution in [0.1, 0.15) is 24.3 Å². The van der Waals surface area contributed by atoms with Gasteiger partial charge in [0.15, 0.2) is 0 Å². The van der Waals surface area contributed by atoms with Gasteiger partial charge in [-0.15, -0.1) is 0 Å². The van der Waals surface area contributed by atoms with Crippen LogP contribution in [0.15, 0.2) is 85.2 Å². The van der Waals surface area contributed by atoms with Crippen LogP contribution in [-0.4, -0.2) is 10.9 Å². The summed E-state index contributed by atoms with van der Waals surface area (Å²) in [5, 5.41) is 5.95. The molecule has 0 spiro atoms. The van der Waals surface area contributed by atoms with E-state index in [1.165, 1.54) is 12.1 Å². The second kappa shape index (κ2) is 9.91. The Morgan fingerprint density at radius 2 is 1.73 bits per heavy atom. The van der Waals surface area contributed by atoms with Crippen molar-refractivity contribution < 1.29 is 21.2 Å². The van der Waals surface area contributed by atoms with Gasteiger partial charge < -0.3 is 15.4 Å². The molecule has 0 aliphatic heterocycles. The van der Waals surface area contributed by atoms with Crippen LogP contribution in [0.5, 0.6) is 11.5 Å². The number of hydrogen-bond acceptors (Lipinski definition) is 4. The first kappa shape index (κ1) is 22.0. The van der Waals surface area contributed by atoms with Crippen molar-refractivity contribution >= 4 is 17.3 Å². The summed E-state index contributed by atoms with van der Waals surface area (Å²) in [6.07, 6.45) is 3.42. The monoisotopic (exact) mass is 449 g/mol. The Balaban J connectivity index is 0.00000216. The molecule has 0 aliphatic rings. The van der Waals surface area contributed by atoms with Crippen LogP contribution in [-0.2, 0) is 6.54 Å². The van der Waals surface area contributed by atoms with Gasteiger partial charge in [0.05, 0.1) is 11.9 Å². The van der Waals surface area contributed by atoms with E-state index in [-0.39, 0.29) is 15.3 Å². The molecule has 3 aromatic carbocycles. The zero-order chi connectivity index (χ0) is 23.2. The lowest BCUT2D eigenvalue weighted by molar-refractivity contribution is 0.0950. The van der Waals surface area contributed by atoms with E-state index in [9.17, 15) is 13.6 Å². The minimum atomic E-state index is -0.689. The molecule has 0 aliphatic carbocycles. The molecule has 0 atom stereocenters. The number of ether oxygens (including phenoxy) is 1. The van der Waals surface area contributed by atoms with Gasteiger partial charge in [0.25, 0.3) is 5.91 Å². The molecule has 2 N–H and O–H groups in total. The summed E-state index contributed by atoms with van der Waals surface area (Å²) in [7, 11) is 0. The topological polar surface area (TPSA) is 63.2 Å². The van der Waals surface area contributed by atoms with E-state index in [2.05, 4.69) is 15.6 Å². The number of nitrogens with zero attached hydrogens (tertiary/aromatic N) is 1. The highest BCUT2D eigenvalue weighted by Gasteiger charge is 2.13. The third-order valence-corrected chi connectivity index (χ3v) is 4.92. The first-order valence-electron chi connectivity index (χ1n) is 10.3. The summed E-state index contributed by atoms with van der Waals surface area (Å²) >= 11 is 0. The van der Waals surface area contributed by atoms with Gasteiger partial charge in [-0.25, -0.2) is 8.78 Å². The molecule has 0 fully saturated rings. The first-order valence-corrected chi connectivity index (χ1v) is 10.3. The molecule has 0 unspecified atom stereocenters. The highest BCUT2D eigenvalue weighted by Crippen LogP contribution is 2.29. The van der Waals surface area contributed by atoms with E-state index in [1.54, 1.807) is 37.5 Å². The van der Waals surface area contributed by atoms with Crippen LogP contribution >= 0.6 is 0 Å². The fraction of sp³-hybridized carbons (Fsp3) is 0.0769. The number of aromatic nitrogens is 1. The van der Waals surface area contributed by atoms with E-state index < -0.39 is 11.6 Å². The van der Waals surface area contributed by atoms with Crippen LogP contribution in [0.25, 0.3) is 0 Å². The van der Waals surface area contributed by atoms with Gasteiger partial charge in [0.1, 0.15) is 23.1 Å². The molecule has 7 heteroatoms. The zero-order valence-corrected chi connectivity index (χ0v) is 17.8. The van der Waals surface area contributed by atoms with Crippen molar-refractivity contribution in [2.75, 3.05) is 5.32 Å². The second-order valence-electron chi connectivity index (χ2n) is 7.39. The van der Waals surface area contributed by atoms with Crippen LogP contribution in [0.2, 0.25) is 0 Å². The lowest BCUT2D eigenvalue weighted by Gasteiger charge is -2.14. The summed E-state index contributed by atoms with van der Waals surface area (Å²) in [4.78, 5) is 16.8. The van der Waals surface area contributed by atoms with E-state index in [4.69, 9.17) is 4.74 Å². The standard InChI is InChI=1S/C26H21F2N3O2.2H2/c1-17-24(26(32)30-15-18-11-19(27)13-20(28)12-18)8-3-9-25(17)33-23-7-2-5-21(14-23)31-22-6-4-10-29-16-22;;/h2-14,16,31H,15H2,1H3,(H,30,32);2*1H. The van der Waals surface area contributed by atoms with Gasteiger partial charge in [-0.1, -0.05) is 12.1 Å². The average Bonchev–Trinajstić information content (AvgIpc) is 2.79. The predicted molar refractivity (Wildman–Crippen MR) is 127 cm³/mol. The number of hydrogen-bond donors (Lipinski definition) is 2. The van der Waals surface area contributed by atoms with Crippen LogP contribution in [0, 0.1) is 18.6 Å². The highest BCUT2D eigenvalue weighted by molar-refractivity contribution is 5.96. The molecule has 1 heterocycles. The van der Waals surface area contributed by atoms with Crippen molar-refractivity contribution in [3.8, 4) is 11.5 Å². The first-order chi connectivity index (χ1) is 16.0. The average molecular weight is 450 g/mol. The molecule has 0 bridgehead atoms. The van der Waals surface area contributed by atoms with Gasteiger partial charge in [-0.2, -0.15) is 0 Å². The SMILES string of the molecule is Cc1c(Oc2cccc(Nc3cccnc3)c2)cccc1C(=O)NCc1cc(F)cc(F)c1.[HH].[HH]. The fourth-order valence-corrected chi connectivity index (χ4v) is 3.33. The molecule has 0 radical (unpaired) electrons. The number of benzene rings is 3. The Bertz CT molecular complexity index is 1270. The fourth-order valence-electron chi connectivity index (χ4n) is 3.33. The maximum Gasteiger partial charge on any atom is 0.251 e. The van der Waals surface area contributed by atoms with Gasteiger partial charge in [-0.3, -0.25) is 9.78 Å². The largest absolute Gasteiger partial charge is 0.457 e. The molecule has 5 nitrogen and oxygen atoms in total. The predicted octanol–water partition coefficient (Wildman–Crippen LogP) is 6.63. The molecule has 0 saturated carbocycles. The third kappa shape index (κ3) is 5.71. The zero-order valence-electron chi connectivity index (χ0n) is 17.8. The summed E-state index contributed by atoms with van der Waals surface area (Å²) in [6.45, 7) is 1.78. The van der Waals surface area contributed by atoms with Crippen molar-refractivity contribution in [1.29, 1.82) is 0 Å². The lowest BCUT2D eigenvalue weighted by atomic mass is 10.1. The number of pyridine rings is 1. The molecule has 1 amide bonds. The highest BCUT2D eigenvalue weighted by atomic mass is 19.1. The molecule has 170 valence electrons. The van der Waals surface area contributed by atoms with E-state index >= 15 is 0 Å². The second-order valence-corrected chi connectivity index (χ2v) is 7.39. The maximum atomic E-state index is 13.4. The Morgan fingerprint density at radius 1 is 0.970 bits per heavy atom. The van der Waals surface area contributed by atoms with Gasteiger partial charge >= 0.3 is 0 Å². The van der Waals surface area contributed by atoms with Crippen molar-refractivity contribution in [1.82, 2.24) is 10.3 Å². The molecular formula is C26H25F2N3O2. The van der Waals surface area contributed by atoms with E-state index in [0.29, 0.717) is 28.2 Å². The van der Waals surface area contributed by atoms with Crippen molar-refractivity contribution in [3.63, 3.8) is 0 Å². The Morgan fingerprint density at radius 3 is 2.48 bits per heavy atom. The van der Waals surface area contributed by atoms with E-state index in [0.717, 1.165) is 17.4 Å². The molecule has 33 heavy (non-hydrogen) atoms. The normalized spacial score (nSPS) is 10.5. The molecule has 4 rings (SSSR count). The summed E-state index contributed by atoms with van der Waals surface area (Å²) in [6, 6.07) is 19.5. The Kier molecular flexibility index (Phi) is 6.59. The lowest BCUT2D eigenvalue weighted by Crippen LogP contribution is -2.23. The molecule has 4 aromatic rings. The van der Waals surface area contributed by atoms with Crippen molar-refractivity contribution in [3.05, 3.63) is 114 Å². The quantitative estimate of drug-likeness (QED) is 0.333. The minimum Gasteiger partial charge on any atom is -0.457 e. The van der Waals surface area contributed by atoms with Crippen LogP contribution in [0.4, 0.5) is 20.2 Å². The number of carbonyl (C=O) groups is 1. The van der Waals surface area contributed by atoms with Crippen molar-refractivity contribution in [2.45, 2.75) is 13.5 Å². The Labute approximate surface area is 193 Å². The summed E-state index contributed by atoms with van der Waals surface area (Å²) < 4.78 is 32.8. The summed E-state index contributed by atoms with van der Waals surface area (Å²) in [5.74, 6) is -0.621. The number of anilines is 2. The van der Waals surface area contributed by atoms with Crippen LogP contribution < -0.4 is 15.4 Å². The van der Waals surface area contributed by atoms with Crippen molar-refractivity contribution in [2.24, 2.45) is 0 Å². The third-order valence-electron chi connectivity index (χ3n) is 4.92. The molecule has 1 aromatic heterocycles.